The number of carbonyl (C=O) groups excluding carboxylic acids is 2. The quantitative estimate of drug-likeness (QED) is 0.799. The molecule has 0 fully saturated rings. The van der Waals surface area contributed by atoms with Gasteiger partial charge in [-0.05, 0) is 18.2 Å². The maximum Gasteiger partial charge on any atom is 0.345 e. The lowest BCUT2D eigenvalue weighted by Gasteiger charge is -2.31. The largest absolute Gasteiger partial charge is 0.481 e. The zero-order valence-electron chi connectivity index (χ0n) is 13.7. The van der Waals surface area contributed by atoms with Crippen LogP contribution in [0.3, 0.4) is 0 Å². The van der Waals surface area contributed by atoms with Crippen molar-refractivity contribution in [3.63, 3.8) is 0 Å². The average Bonchev–Trinajstić information content (AvgIpc) is 2.71. The van der Waals surface area contributed by atoms with E-state index in [-0.39, 0.29) is 22.9 Å². The van der Waals surface area contributed by atoms with Crippen LogP contribution in [0.15, 0.2) is 84.9 Å². The number of allylic oxidation sites excluding steroid dienone is 3. The number of fused-ring (bicyclic) bond motifs is 1. The molecule has 1 aromatic carbocycles. The van der Waals surface area contributed by atoms with Crippen molar-refractivity contribution >= 4 is 17.5 Å². The number of ketones is 1. The fourth-order valence-electron chi connectivity index (χ4n) is 2.91. The van der Waals surface area contributed by atoms with Gasteiger partial charge in [0.15, 0.2) is 5.76 Å². The number of Topliss-reactive ketones (excluding diaryl/α,β-unsaturated/α-hetero) is 1. The van der Waals surface area contributed by atoms with E-state index >= 15 is 0 Å². The van der Waals surface area contributed by atoms with E-state index in [1.54, 1.807) is 30.5 Å². The Hall–Kier alpha value is -3.47. The van der Waals surface area contributed by atoms with Crippen LogP contribution >= 0.6 is 0 Å². The molecular formula is C21H15NO4. The summed E-state index contributed by atoms with van der Waals surface area (Å²) in [4.78, 5) is 29.4. The Kier molecular flexibility index (Phi) is 4.19. The van der Waals surface area contributed by atoms with Gasteiger partial charge < -0.3 is 9.47 Å². The summed E-state index contributed by atoms with van der Waals surface area (Å²) in [5.74, 6) is -1.24. The van der Waals surface area contributed by atoms with Gasteiger partial charge >= 0.3 is 5.97 Å². The summed E-state index contributed by atoms with van der Waals surface area (Å²) in [5.41, 5.74) is 0.942. The standard InChI is InChI=1S/C21H15NO4/c23-18-16-10-4-5-11-17(16)25-19(14-7-2-1-3-8-14)20(18)26-21(24)15-9-6-12-22-13-15/h1-13,16-17H. The molecule has 2 atom stereocenters. The van der Waals surface area contributed by atoms with Crippen LogP contribution in [0.5, 0.6) is 0 Å². The van der Waals surface area contributed by atoms with Crippen LogP contribution in [0.4, 0.5) is 0 Å². The van der Waals surface area contributed by atoms with Gasteiger partial charge in [0.25, 0.3) is 0 Å². The number of hydrogen-bond acceptors (Lipinski definition) is 5. The first kappa shape index (κ1) is 16.0. The van der Waals surface area contributed by atoms with Gasteiger partial charge in [-0.3, -0.25) is 9.78 Å². The minimum Gasteiger partial charge on any atom is -0.481 e. The number of aromatic nitrogens is 1. The van der Waals surface area contributed by atoms with Crippen molar-refractivity contribution in [2.24, 2.45) is 5.92 Å². The van der Waals surface area contributed by atoms with Gasteiger partial charge in [0, 0.05) is 18.0 Å². The molecule has 128 valence electrons. The third kappa shape index (κ3) is 2.95. The molecule has 0 N–H and O–H groups in total. The normalized spacial score (nSPS) is 21.2. The molecule has 2 aromatic rings. The monoisotopic (exact) mass is 345 g/mol. The van der Waals surface area contributed by atoms with Crippen LogP contribution < -0.4 is 0 Å². The van der Waals surface area contributed by atoms with Crippen LogP contribution in [-0.2, 0) is 14.3 Å². The molecule has 0 saturated heterocycles. The molecule has 0 amide bonds. The summed E-state index contributed by atoms with van der Waals surface area (Å²) < 4.78 is 11.5. The number of ether oxygens (including phenoxy) is 2. The van der Waals surface area contributed by atoms with E-state index in [0.29, 0.717) is 5.56 Å². The summed E-state index contributed by atoms with van der Waals surface area (Å²) in [7, 11) is 0. The molecule has 26 heavy (non-hydrogen) atoms. The summed E-state index contributed by atoms with van der Waals surface area (Å²) in [6, 6.07) is 12.4. The Morgan fingerprint density at radius 3 is 2.62 bits per heavy atom. The second-order valence-corrected chi connectivity index (χ2v) is 5.90. The van der Waals surface area contributed by atoms with E-state index in [1.807, 2.05) is 42.5 Å². The highest BCUT2D eigenvalue weighted by Crippen LogP contribution is 2.35. The van der Waals surface area contributed by atoms with Crippen molar-refractivity contribution in [2.75, 3.05) is 0 Å². The smallest absolute Gasteiger partial charge is 0.345 e. The maximum absolute atomic E-state index is 13.0. The predicted octanol–water partition coefficient (Wildman–Crippen LogP) is 3.32. The summed E-state index contributed by atoms with van der Waals surface area (Å²) in [6.07, 6.45) is 9.75. The molecule has 1 aliphatic heterocycles. The van der Waals surface area contributed by atoms with Crippen LogP contribution in [0.2, 0.25) is 0 Å². The van der Waals surface area contributed by atoms with Gasteiger partial charge in [-0.15, -0.1) is 0 Å². The van der Waals surface area contributed by atoms with E-state index in [2.05, 4.69) is 4.98 Å². The van der Waals surface area contributed by atoms with E-state index in [1.165, 1.54) is 6.20 Å². The zero-order chi connectivity index (χ0) is 17.9. The van der Waals surface area contributed by atoms with Crippen LogP contribution in [0.25, 0.3) is 5.76 Å². The summed E-state index contributed by atoms with van der Waals surface area (Å²) >= 11 is 0. The Bertz CT molecular complexity index is 929. The minimum atomic E-state index is -0.646. The molecule has 2 heterocycles. The van der Waals surface area contributed by atoms with Gasteiger partial charge in [0.05, 0.1) is 11.5 Å². The lowest BCUT2D eigenvalue weighted by molar-refractivity contribution is -0.124. The molecule has 2 aliphatic rings. The van der Waals surface area contributed by atoms with E-state index in [9.17, 15) is 9.59 Å². The molecule has 0 spiro atoms. The molecular weight excluding hydrogens is 330 g/mol. The molecule has 2 unspecified atom stereocenters. The van der Waals surface area contributed by atoms with Gasteiger partial charge in [0.2, 0.25) is 11.5 Å². The summed E-state index contributed by atoms with van der Waals surface area (Å²) in [6.45, 7) is 0. The van der Waals surface area contributed by atoms with Gasteiger partial charge in [-0.2, -0.15) is 0 Å². The van der Waals surface area contributed by atoms with Crippen molar-refractivity contribution in [2.45, 2.75) is 6.10 Å². The van der Waals surface area contributed by atoms with E-state index < -0.39 is 18.0 Å². The fraction of sp³-hybridized carbons (Fsp3) is 0.0952. The Balaban J connectivity index is 1.76. The number of hydrogen-bond donors (Lipinski definition) is 0. The van der Waals surface area contributed by atoms with E-state index in [0.717, 1.165) is 0 Å². The van der Waals surface area contributed by atoms with Crippen molar-refractivity contribution in [1.29, 1.82) is 0 Å². The van der Waals surface area contributed by atoms with Gasteiger partial charge in [-0.25, -0.2) is 4.79 Å². The second-order valence-electron chi connectivity index (χ2n) is 5.90. The maximum atomic E-state index is 13.0. The SMILES string of the molecule is O=C(OC1=C(c2ccccc2)OC2C=CC=CC2C1=O)c1cccnc1. The van der Waals surface area contributed by atoms with Crippen LogP contribution in [0, 0.1) is 5.92 Å². The summed E-state index contributed by atoms with van der Waals surface area (Å²) in [5, 5.41) is 0. The molecule has 5 nitrogen and oxygen atoms in total. The molecule has 0 bridgehead atoms. The second kappa shape index (κ2) is 6.80. The van der Waals surface area contributed by atoms with Gasteiger partial charge in [-0.1, -0.05) is 48.6 Å². The van der Waals surface area contributed by atoms with Gasteiger partial charge in [0.1, 0.15) is 6.10 Å². The number of pyridine rings is 1. The van der Waals surface area contributed by atoms with Crippen LogP contribution in [0.1, 0.15) is 15.9 Å². The van der Waals surface area contributed by atoms with Crippen molar-refractivity contribution in [3.05, 3.63) is 96.0 Å². The third-order valence-electron chi connectivity index (χ3n) is 4.20. The zero-order valence-corrected chi connectivity index (χ0v) is 13.7. The Labute approximate surface area is 150 Å². The molecule has 0 saturated carbocycles. The highest BCUT2D eigenvalue weighted by Gasteiger charge is 2.39. The lowest BCUT2D eigenvalue weighted by atomic mass is 9.89. The number of nitrogens with zero attached hydrogens (tertiary/aromatic N) is 1. The van der Waals surface area contributed by atoms with Crippen molar-refractivity contribution < 1.29 is 19.1 Å². The predicted molar refractivity (Wildman–Crippen MR) is 94.7 cm³/mol. The highest BCUT2D eigenvalue weighted by molar-refractivity contribution is 6.06. The number of esters is 1. The first-order valence-electron chi connectivity index (χ1n) is 8.22. The third-order valence-corrected chi connectivity index (χ3v) is 4.20. The minimum absolute atomic E-state index is 0.0775. The molecule has 0 radical (unpaired) electrons. The lowest BCUT2D eigenvalue weighted by Crippen LogP contribution is -2.36. The molecule has 5 heteroatoms. The average molecular weight is 345 g/mol. The molecule has 1 aromatic heterocycles. The molecule has 1 aliphatic carbocycles. The van der Waals surface area contributed by atoms with Crippen molar-refractivity contribution in [1.82, 2.24) is 4.98 Å². The van der Waals surface area contributed by atoms with E-state index in [4.69, 9.17) is 9.47 Å². The fourth-order valence-corrected chi connectivity index (χ4v) is 2.91. The Morgan fingerprint density at radius 2 is 1.85 bits per heavy atom. The number of carbonyl (C=O) groups is 2. The Morgan fingerprint density at radius 1 is 1.04 bits per heavy atom. The first-order valence-corrected chi connectivity index (χ1v) is 8.22. The van der Waals surface area contributed by atoms with Crippen LogP contribution in [-0.4, -0.2) is 22.8 Å². The van der Waals surface area contributed by atoms with Crippen molar-refractivity contribution in [3.8, 4) is 0 Å². The topological polar surface area (TPSA) is 65.5 Å². The number of rotatable bonds is 3. The highest BCUT2D eigenvalue weighted by atomic mass is 16.6. The molecule has 4 rings (SSSR count). The first-order chi connectivity index (χ1) is 12.7. The number of benzene rings is 1.